The van der Waals surface area contributed by atoms with Gasteiger partial charge in [0.05, 0.1) is 5.69 Å². The highest BCUT2D eigenvalue weighted by Gasteiger charge is 2.10. The van der Waals surface area contributed by atoms with Crippen molar-refractivity contribution in [2.45, 2.75) is 6.54 Å². The van der Waals surface area contributed by atoms with E-state index >= 15 is 0 Å². The van der Waals surface area contributed by atoms with E-state index in [0.29, 0.717) is 0 Å². The summed E-state index contributed by atoms with van der Waals surface area (Å²) < 4.78 is 0.951. The Morgan fingerprint density at radius 3 is 2.71 bits per heavy atom. The third-order valence-corrected chi connectivity index (χ3v) is 2.86. The molecule has 14 heavy (non-hydrogen) atoms. The van der Waals surface area contributed by atoms with Gasteiger partial charge in [-0.25, -0.2) is 0 Å². The molecule has 0 saturated carbocycles. The Morgan fingerprint density at radius 1 is 1.29 bits per heavy atom. The molecule has 1 aromatic rings. The summed E-state index contributed by atoms with van der Waals surface area (Å²) in [7, 11) is 0. The topological polar surface area (TPSA) is 41.0 Å². The molecule has 1 fully saturated rings. The zero-order valence-electron chi connectivity index (χ0n) is 7.91. The lowest BCUT2D eigenvalue weighted by molar-refractivity contribution is 0.230. The molecule has 2 heterocycles. The van der Waals surface area contributed by atoms with Gasteiger partial charge in [0.15, 0.2) is 0 Å². The normalized spacial score (nSPS) is 18.4. The van der Waals surface area contributed by atoms with Crippen molar-refractivity contribution in [3.05, 3.63) is 21.5 Å². The molecule has 0 bridgehead atoms. The van der Waals surface area contributed by atoms with Crippen molar-refractivity contribution in [2.75, 3.05) is 26.2 Å². The Labute approximate surface area is 97.2 Å². The van der Waals surface area contributed by atoms with Crippen molar-refractivity contribution in [1.29, 1.82) is 0 Å². The highest BCUT2D eigenvalue weighted by Crippen LogP contribution is 2.03. The first-order valence-corrected chi connectivity index (χ1v) is 5.83. The number of hydrogen-bond acceptors (Lipinski definition) is 4. The maximum absolute atomic E-state index is 4.15. The Morgan fingerprint density at radius 2 is 2.07 bits per heavy atom. The first kappa shape index (κ1) is 10.3. The lowest BCUT2D eigenvalue weighted by Gasteiger charge is -2.26. The van der Waals surface area contributed by atoms with Gasteiger partial charge in [0.25, 0.3) is 0 Å². The van der Waals surface area contributed by atoms with Gasteiger partial charge in [0, 0.05) is 32.7 Å². The van der Waals surface area contributed by atoms with Crippen LogP contribution in [0, 0.1) is 3.70 Å². The van der Waals surface area contributed by atoms with Crippen LogP contribution in [-0.4, -0.2) is 41.3 Å². The Bertz CT molecular complexity index is 281. The lowest BCUT2D eigenvalue weighted by Crippen LogP contribution is -2.43. The maximum Gasteiger partial charge on any atom is 0.124 e. The molecule has 5 heteroatoms. The van der Waals surface area contributed by atoms with Gasteiger partial charge in [0.1, 0.15) is 3.70 Å². The van der Waals surface area contributed by atoms with E-state index in [1.807, 2.05) is 6.07 Å². The lowest BCUT2D eigenvalue weighted by atomic mass is 10.3. The molecule has 0 unspecified atom stereocenters. The molecule has 2 rings (SSSR count). The molecular formula is C9H13IN4. The first-order chi connectivity index (χ1) is 6.84. The molecule has 1 aromatic heterocycles. The SMILES string of the molecule is Ic1ccc(CN2CCNCC2)nn1. The van der Waals surface area contributed by atoms with E-state index in [0.717, 1.165) is 42.1 Å². The van der Waals surface area contributed by atoms with E-state index in [1.165, 1.54) is 0 Å². The van der Waals surface area contributed by atoms with E-state index in [4.69, 9.17) is 0 Å². The fourth-order valence-corrected chi connectivity index (χ4v) is 1.81. The van der Waals surface area contributed by atoms with Gasteiger partial charge < -0.3 is 5.32 Å². The van der Waals surface area contributed by atoms with Crippen LogP contribution in [-0.2, 0) is 6.54 Å². The standard InChI is InChI=1S/C9H13IN4/c10-9-2-1-8(12-13-9)7-14-5-3-11-4-6-14/h1-2,11H,3-7H2. The second-order valence-electron chi connectivity index (χ2n) is 3.37. The van der Waals surface area contributed by atoms with Crippen molar-refractivity contribution in [2.24, 2.45) is 0 Å². The fourth-order valence-electron chi connectivity index (χ4n) is 1.53. The highest BCUT2D eigenvalue weighted by atomic mass is 127. The summed E-state index contributed by atoms with van der Waals surface area (Å²) in [5.74, 6) is 0. The number of halogens is 1. The van der Waals surface area contributed by atoms with Gasteiger partial charge >= 0.3 is 0 Å². The molecule has 76 valence electrons. The highest BCUT2D eigenvalue weighted by molar-refractivity contribution is 14.1. The summed E-state index contributed by atoms with van der Waals surface area (Å²) in [6, 6.07) is 4.06. The van der Waals surface area contributed by atoms with Crippen molar-refractivity contribution in [1.82, 2.24) is 20.4 Å². The van der Waals surface area contributed by atoms with Crippen LogP contribution in [0.15, 0.2) is 12.1 Å². The predicted octanol–water partition coefficient (Wildman–Crippen LogP) is 0.486. The molecule has 0 aliphatic carbocycles. The molecule has 4 nitrogen and oxygen atoms in total. The summed E-state index contributed by atoms with van der Waals surface area (Å²) >= 11 is 2.17. The van der Waals surface area contributed by atoms with E-state index in [2.05, 4.69) is 49.1 Å². The molecule has 0 atom stereocenters. The summed E-state index contributed by atoms with van der Waals surface area (Å²) in [6.07, 6.45) is 0. The Balaban J connectivity index is 1.92. The van der Waals surface area contributed by atoms with Gasteiger partial charge in [-0.3, -0.25) is 4.90 Å². The number of hydrogen-bond donors (Lipinski definition) is 1. The van der Waals surface area contributed by atoms with Crippen LogP contribution >= 0.6 is 22.6 Å². The fraction of sp³-hybridized carbons (Fsp3) is 0.556. The van der Waals surface area contributed by atoms with Crippen LogP contribution in [0.2, 0.25) is 0 Å². The Kier molecular flexibility index (Phi) is 3.66. The molecular weight excluding hydrogens is 291 g/mol. The maximum atomic E-state index is 4.15. The second-order valence-corrected chi connectivity index (χ2v) is 4.48. The first-order valence-electron chi connectivity index (χ1n) is 4.76. The predicted molar refractivity (Wildman–Crippen MR) is 62.9 cm³/mol. The third kappa shape index (κ3) is 2.86. The molecule has 1 saturated heterocycles. The summed E-state index contributed by atoms with van der Waals surface area (Å²) in [5.41, 5.74) is 1.06. The summed E-state index contributed by atoms with van der Waals surface area (Å²) in [4.78, 5) is 2.40. The number of aromatic nitrogens is 2. The molecule has 1 N–H and O–H groups in total. The Hall–Kier alpha value is -0.270. The van der Waals surface area contributed by atoms with Gasteiger partial charge in [0.2, 0.25) is 0 Å². The second kappa shape index (κ2) is 4.99. The van der Waals surface area contributed by atoms with Crippen molar-refractivity contribution in [3.63, 3.8) is 0 Å². The van der Waals surface area contributed by atoms with Gasteiger partial charge in [-0.1, -0.05) is 0 Å². The summed E-state index contributed by atoms with van der Waals surface area (Å²) in [6.45, 7) is 5.29. The van der Waals surface area contributed by atoms with Crippen LogP contribution in [0.25, 0.3) is 0 Å². The van der Waals surface area contributed by atoms with Crippen LogP contribution in [0.4, 0.5) is 0 Å². The van der Waals surface area contributed by atoms with Crippen molar-refractivity contribution >= 4 is 22.6 Å². The minimum atomic E-state index is 0.922. The number of nitrogens with one attached hydrogen (secondary N) is 1. The number of rotatable bonds is 2. The average Bonchev–Trinajstić information content (AvgIpc) is 2.23. The third-order valence-electron chi connectivity index (χ3n) is 2.28. The largest absolute Gasteiger partial charge is 0.314 e. The van der Waals surface area contributed by atoms with Crippen LogP contribution < -0.4 is 5.32 Å². The van der Waals surface area contributed by atoms with E-state index in [-0.39, 0.29) is 0 Å². The molecule has 1 aliphatic rings. The molecule has 0 radical (unpaired) electrons. The van der Waals surface area contributed by atoms with Gasteiger partial charge in [-0.15, -0.1) is 5.10 Å². The average molecular weight is 304 g/mol. The van der Waals surface area contributed by atoms with Gasteiger partial charge in [-0.2, -0.15) is 5.10 Å². The smallest absolute Gasteiger partial charge is 0.124 e. The van der Waals surface area contributed by atoms with Crippen LogP contribution in [0.5, 0.6) is 0 Å². The minimum Gasteiger partial charge on any atom is -0.314 e. The monoisotopic (exact) mass is 304 g/mol. The van der Waals surface area contributed by atoms with Crippen LogP contribution in [0.3, 0.4) is 0 Å². The van der Waals surface area contributed by atoms with E-state index < -0.39 is 0 Å². The molecule has 0 amide bonds. The minimum absolute atomic E-state index is 0.922. The van der Waals surface area contributed by atoms with E-state index in [9.17, 15) is 0 Å². The number of nitrogens with zero attached hydrogens (tertiary/aromatic N) is 3. The zero-order chi connectivity index (χ0) is 9.80. The molecule has 1 aliphatic heterocycles. The van der Waals surface area contributed by atoms with Crippen molar-refractivity contribution < 1.29 is 0 Å². The quantitative estimate of drug-likeness (QED) is 0.807. The van der Waals surface area contributed by atoms with E-state index in [1.54, 1.807) is 0 Å². The summed E-state index contributed by atoms with van der Waals surface area (Å²) in [5, 5.41) is 11.5. The molecule has 0 aromatic carbocycles. The molecule has 0 spiro atoms. The van der Waals surface area contributed by atoms with Gasteiger partial charge in [-0.05, 0) is 34.7 Å². The zero-order valence-corrected chi connectivity index (χ0v) is 10.1. The number of piperazine rings is 1. The van der Waals surface area contributed by atoms with Crippen LogP contribution in [0.1, 0.15) is 5.69 Å². The van der Waals surface area contributed by atoms with Crippen molar-refractivity contribution in [3.8, 4) is 0 Å².